The van der Waals surface area contributed by atoms with Gasteiger partial charge in [-0.3, -0.25) is 4.79 Å². The van der Waals surface area contributed by atoms with E-state index >= 15 is 0 Å². The lowest BCUT2D eigenvalue weighted by Crippen LogP contribution is -2.51. The molecule has 0 spiro atoms. The van der Waals surface area contributed by atoms with Crippen molar-refractivity contribution in [1.82, 2.24) is 9.97 Å². The van der Waals surface area contributed by atoms with E-state index in [2.05, 4.69) is 29.1 Å². The van der Waals surface area contributed by atoms with Gasteiger partial charge in [-0.05, 0) is 99.2 Å². The second-order valence-corrected chi connectivity index (χ2v) is 11.7. The molecule has 1 heterocycles. The van der Waals surface area contributed by atoms with Crippen LogP contribution in [0.5, 0.6) is 0 Å². The Morgan fingerprint density at radius 1 is 1.12 bits per heavy atom. The number of carbonyl (C=O) groups excluding carboxylic acids is 1. The highest BCUT2D eigenvalue weighted by Crippen LogP contribution is 2.64. The van der Waals surface area contributed by atoms with Crippen LogP contribution >= 0.6 is 0 Å². The summed E-state index contributed by atoms with van der Waals surface area (Å²) in [5.74, 6) is 4.10. The largest absolute Gasteiger partial charge is 0.390 e. The van der Waals surface area contributed by atoms with Gasteiger partial charge in [-0.15, -0.1) is 0 Å². The maximum atomic E-state index is 13.3. The van der Waals surface area contributed by atoms with Crippen molar-refractivity contribution < 1.29 is 9.90 Å². The number of anilines is 1. The first-order chi connectivity index (χ1) is 15.9. The minimum Gasteiger partial charge on any atom is -0.390 e. The number of fused-ring (bicyclic) bond motifs is 5. The van der Waals surface area contributed by atoms with Crippen LogP contribution in [0.2, 0.25) is 0 Å². The van der Waals surface area contributed by atoms with E-state index in [0.29, 0.717) is 17.7 Å². The molecule has 4 fully saturated rings. The fourth-order valence-electron chi connectivity index (χ4n) is 8.75. The fraction of sp³-hybridized carbons (Fsp3) is 0.778. The zero-order valence-electron chi connectivity index (χ0n) is 20.1. The molecule has 1 aromatic rings. The lowest BCUT2D eigenvalue weighted by molar-refractivity contribution is -0.130. The van der Waals surface area contributed by atoms with Crippen molar-refractivity contribution in [3.63, 3.8) is 0 Å². The van der Waals surface area contributed by atoms with Crippen LogP contribution in [-0.4, -0.2) is 26.6 Å². The molecule has 33 heavy (non-hydrogen) atoms. The summed E-state index contributed by atoms with van der Waals surface area (Å²) >= 11 is 0. The van der Waals surface area contributed by atoms with Crippen molar-refractivity contribution >= 4 is 11.7 Å². The van der Waals surface area contributed by atoms with E-state index in [1.54, 1.807) is 0 Å². The highest BCUT2D eigenvalue weighted by Gasteiger charge is 2.59. The number of hydrogen-bond donors (Lipinski definition) is 2. The first kappa shape index (κ1) is 22.8. The molecule has 1 aromatic heterocycles. The van der Waals surface area contributed by atoms with Gasteiger partial charge in [0.1, 0.15) is 6.07 Å². The van der Waals surface area contributed by atoms with Gasteiger partial charge >= 0.3 is 0 Å². The lowest BCUT2D eigenvalue weighted by Gasteiger charge is -2.57. The second kappa shape index (κ2) is 8.65. The van der Waals surface area contributed by atoms with E-state index in [-0.39, 0.29) is 22.9 Å². The molecule has 5 rings (SSSR count). The molecule has 178 valence electrons. The monoisotopic (exact) mass is 450 g/mol. The van der Waals surface area contributed by atoms with Gasteiger partial charge in [0.15, 0.2) is 11.5 Å². The Bertz CT molecular complexity index is 927. The van der Waals surface area contributed by atoms with Crippen LogP contribution in [0.3, 0.4) is 0 Å². The minimum absolute atomic E-state index is 0.0135. The van der Waals surface area contributed by atoms with Crippen molar-refractivity contribution in [1.29, 1.82) is 5.26 Å². The smallest absolute Gasteiger partial charge is 0.229 e. The molecule has 1 amide bonds. The SMILES string of the molecule is CCC[C@@]1(O)CC[C@H]2[C@H](CC[C@@H]3[C@@H]2CC[C@]2(C)[C@@H](C(=O)Nc4cnc(C#N)cn4)CC[C@@H]32)C1. The van der Waals surface area contributed by atoms with Crippen LogP contribution in [0.15, 0.2) is 12.4 Å². The van der Waals surface area contributed by atoms with Crippen LogP contribution in [-0.2, 0) is 4.79 Å². The summed E-state index contributed by atoms with van der Waals surface area (Å²) in [5, 5.41) is 23.0. The van der Waals surface area contributed by atoms with Gasteiger partial charge in [0.2, 0.25) is 5.91 Å². The molecular formula is C27H38N4O2. The summed E-state index contributed by atoms with van der Waals surface area (Å²) < 4.78 is 0. The predicted molar refractivity (Wildman–Crippen MR) is 126 cm³/mol. The lowest BCUT2D eigenvalue weighted by atomic mass is 9.49. The van der Waals surface area contributed by atoms with E-state index in [1.165, 1.54) is 38.1 Å². The maximum absolute atomic E-state index is 13.3. The number of amides is 1. The van der Waals surface area contributed by atoms with Crippen molar-refractivity contribution in [2.24, 2.45) is 40.9 Å². The average Bonchev–Trinajstić information content (AvgIpc) is 3.16. The Hall–Kier alpha value is -2.00. The molecular weight excluding hydrogens is 412 g/mol. The Morgan fingerprint density at radius 3 is 2.67 bits per heavy atom. The normalized spacial score (nSPS) is 41.9. The Morgan fingerprint density at radius 2 is 1.94 bits per heavy atom. The van der Waals surface area contributed by atoms with E-state index in [9.17, 15) is 9.90 Å². The summed E-state index contributed by atoms with van der Waals surface area (Å²) in [6.07, 6.45) is 15.0. The molecule has 6 nitrogen and oxygen atoms in total. The molecule has 0 saturated heterocycles. The number of hydrogen-bond acceptors (Lipinski definition) is 5. The molecule has 0 bridgehead atoms. The second-order valence-electron chi connectivity index (χ2n) is 11.7. The molecule has 8 atom stereocenters. The average molecular weight is 451 g/mol. The van der Waals surface area contributed by atoms with Gasteiger partial charge in [0.05, 0.1) is 18.0 Å². The topological polar surface area (TPSA) is 98.9 Å². The van der Waals surface area contributed by atoms with Crippen LogP contribution in [0.1, 0.15) is 90.2 Å². The van der Waals surface area contributed by atoms with Gasteiger partial charge in [-0.1, -0.05) is 20.3 Å². The fourth-order valence-corrected chi connectivity index (χ4v) is 8.75. The van der Waals surface area contributed by atoms with Crippen molar-refractivity contribution in [3.8, 4) is 6.07 Å². The molecule has 4 aliphatic rings. The third-order valence-electron chi connectivity index (χ3n) is 10.2. The molecule has 0 radical (unpaired) electrons. The third-order valence-corrected chi connectivity index (χ3v) is 10.2. The van der Waals surface area contributed by atoms with Gasteiger partial charge in [-0.25, -0.2) is 9.97 Å². The predicted octanol–water partition coefficient (Wildman–Crippen LogP) is 5.09. The minimum atomic E-state index is -0.420. The van der Waals surface area contributed by atoms with Gasteiger partial charge in [0.25, 0.3) is 0 Å². The first-order valence-corrected chi connectivity index (χ1v) is 13.1. The number of carbonyl (C=O) groups is 1. The summed E-state index contributed by atoms with van der Waals surface area (Å²) in [5.41, 5.74) is -0.113. The number of nitrogens with zero attached hydrogens (tertiary/aromatic N) is 3. The maximum Gasteiger partial charge on any atom is 0.229 e. The zero-order valence-corrected chi connectivity index (χ0v) is 20.1. The van der Waals surface area contributed by atoms with Crippen LogP contribution in [0, 0.1) is 52.3 Å². The number of rotatable bonds is 4. The highest BCUT2D eigenvalue weighted by atomic mass is 16.3. The number of aromatic nitrogens is 2. The summed E-state index contributed by atoms with van der Waals surface area (Å²) in [6, 6.07) is 1.96. The zero-order chi connectivity index (χ0) is 23.2. The molecule has 0 aliphatic heterocycles. The van der Waals surface area contributed by atoms with Gasteiger partial charge in [-0.2, -0.15) is 5.26 Å². The molecule has 0 aromatic carbocycles. The Labute approximate surface area is 197 Å². The van der Waals surface area contributed by atoms with E-state index < -0.39 is 5.60 Å². The standard InChI is InChI=1S/C27H38N4O2/c1-3-10-27(33)12-9-19-17(13-27)4-5-21-20(19)8-11-26(2)22(21)6-7-23(26)25(32)31-24-16-29-18(14-28)15-30-24/h15-17,19-23,33H,3-13H2,1-2H3,(H,30,31,32)/t17-,19+,20-,21-,22+,23-,26+,27-/m1/s1. The summed E-state index contributed by atoms with van der Waals surface area (Å²) in [6.45, 7) is 4.55. The van der Waals surface area contributed by atoms with Crippen molar-refractivity contribution in [2.75, 3.05) is 5.32 Å². The quantitative estimate of drug-likeness (QED) is 0.666. The number of aliphatic hydroxyl groups is 1. The van der Waals surface area contributed by atoms with Crippen LogP contribution < -0.4 is 5.32 Å². The van der Waals surface area contributed by atoms with Gasteiger partial charge < -0.3 is 10.4 Å². The molecule has 0 unspecified atom stereocenters. The number of nitriles is 1. The van der Waals surface area contributed by atoms with Crippen LogP contribution in [0.4, 0.5) is 5.82 Å². The van der Waals surface area contributed by atoms with E-state index in [1.807, 2.05) is 6.07 Å². The highest BCUT2D eigenvalue weighted by molar-refractivity contribution is 5.92. The van der Waals surface area contributed by atoms with E-state index in [4.69, 9.17) is 5.26 Å². The first-order valence-electron chi connectivity index (χ1n) is 13.1. The Balaban J connectivity index is 1.27. The third kappa shape index (κ3) is 3.97. The van der Waals surface area contributed by atoms with Crippen molar-refractivity contribution in [2.45, 2.75) is 90.1 Å². The summed E-state index contributed by atoms with van der Waals surface area (Å²) in [4.78, 5) is 21.5. The van der Waals surface area contributed by atoms with E-state index in [0.717, 1.165) is 62.7 Å². The van der Waals surface area contributed by atoms with Crippen molar-refractivity contribution in [3.05, 3.63) is 18.1 Å². The molecule has 2 N–H and O–H groups in total. The van der Waals surface area contributed by atoms with Gasteiger partial charge in [0, 0.05) is 5.92 Å². The Kier molecular flexibility index (Phi) is 5.97. The number of nitrogens with one attached hydrogen (secondary N) is 1. The summed E-state index contributed by atoms with van der Waals surface area (Å²) in [7, 11) is 0. The molecule has 4 aliphatic carbocycles. The molecule has 4 saturated carbocycles. The molecule has 6 heteroatoms. The van der Waals surface area contributed by atoms with Crippen LogP contribution in [0.25, 0.3) is 0 Å².